The monoisotopic (exact) mass is 236 g/mol. The van der Waals surface area contributed by atoms with Crippen LogP contribution in [-0.4, -0.2) is 47.9 Å². The minimum Gasteiger partial charge on any atom is -0.315 e. The van der Waals surface area contributed by atoms with E-state index in [-0.39, 0.29) is 0 Å². The average molecular weight is 236 g/mol. The van der Waals surface area contributed by atoms with Crippen LogP contribution in [0, 0.1) is 12.8 Å². The maximum Gasteiger partial charge on any atom is 0.0534 e. The molecule has 1 fully saturated rings. The number of hydrogen-bond acceptors (Lipinski definition) is 3. The molecule has 1 N–H and O–H groups in total. The summed E-state index contributed by atoms with van der Waals surface area (Å²) in [5.74, 6) is 0.827. The van der Waals surface area contributed by atoms with Crippen LogP contribution in [0.3, 0.4) is 0 Å². The van der Waals surface area contributed by atoms with E-state index in [1.165, 1.54) is 31.5 Å². The van der Waals surface area contributed by atoms with E-state index in [1.807, 2.05) is 10.9 Å². The quantitative estimate of drug-likeness (QED) is 0.778. The van der Waals surface area contributed by atoms with E-state index in [9.17, 15) is 0 Å². The van der Waals surface area contributed by atoms with Crippen molar-refractivity contribution in [2.24, 2.45) is 5.92 Å². The molecule has 0 spiro atoms. The number of aryl methyl sites for hydroxylation is 1. The molecule has 1 aromatic heterocycles. The number of nitrogens with one attached hydrogen (secondary N) is 1. The average Bonchev–Trinajstić information content (AvgIpc) is 2.71. The van der Waals surface area contributed by atoms with Crippen molar-refractivity contribution in [1.29, 1.82) is 0 Å². The van der Waals surface area contributed by atoms with Gasteiger partial charge in [0.05, 0.1) is 12.7 Å². The minimum atomic E-state index is 0.827. The fourth-order valence-electron chi connectivity index (χ4n) is 2.53. The summed E-state index contributed by atoms with van der Waals surface area (Å²) < 4.78 is 2.01. The Morgan fingerprint density at radius 2 is 2.41 bits per heavy atom. The second-order valence-corrected chi connectivity index (χ2v) is 5.26. The molecule has 0 amide bonds. The molecule has 0 radical (unpaired) electrons. The number of nitrogens with zero attached hydrogens (tertiary/aromatic N) is 3. The molecule has 0 aliphatic carbocycles. The second kappa shape index (κ2) is 6.17. The largest absolute Gasteiger partial charge is 0.315 e. The molecule has 1 aliphatic heterocycles. The zero-order valence-electron chi connectivity index (χ0n) is 11.0. The van der Waals surface area contributed by atoms with Crippen LogP contribution >= 0.6 is 0 Å². The second-order valence-electron chi connectivity index (χ2n) is 5.26. The van der Waals surface area contributed by atoms with Crippen molar-refractivity contribution in [2.45, 2.75) is 26.3 Å². The maximum absolute atomic E-state index is 4.28. The molecule has 0 saturated carbocycles. The van der Waals surface area contributed by atoms with Gasteiger partial charge in [-0.2, -0.15) is 5.10 Å². The highest BCUT2D eigenvalue weighted by atomic mass is 15.3. The Morgan fingerprint density at radius 1 is 1.53 bits per heavy atom. The highest BCUT2D eigenvalue weighted by molar-refractivity contribution is 4.99. The van der Waals surface area contributed by atoms with E-state index in [0.29, 0.717) is 0 Å². The summed E-state index contributed by atoms with van der Waals surface area (Å²) in [6.07, 6.45) is 6.73. The summed E-state index contributed by atoms with van der Waals surface area (Å²) in [6.45, 7) is 7.72. The standard InChI is InChI=1S/C13H24N4/c1-12-8-15-17(10-12)7-5-14-9-13-4-3-6-16(2)11-13/h8,10,13-14H,3-7,9,11H2,1-2H3. The van der Waals surface area contributed by atoms with Gasteiger partial charge in [0.25, 0.3) is 0 Å². The van der Waals surface area contributed by atoms with E-state index in [2.05, 4.69) is 35.5 Å². The Bertz CT molecular complexity index is 334. The number of likely N-dealkylation sites (tertiary alicyclic amines) is 1. The maximum atomic E-state index is 4.28. The number of rotatable bonds is 5. The van der Waals surface area contributed by atoms with Gasteiger partial charge in [0.1, 0.15) is 0 Å². The molecule has 1 saturated heterocycles. The first kappa shape index (κ1) is 12.6. The zero-order chi connectivity index (χ0) is 12.1. The Kier molecular flexibility index (Phi) is 4.57. The van der Waals surface area contributed by atoms with Gasteiger partial charge in [0.2, 0.25) is 0 Å². The number of piperidine rings is 1. The lowest BCUT2D eigenvalue weighted by Crippen LogP contribution is -2.38. The topological polar surface area (TPSA) is 33.1 Å². The van der Waals surface area contributed by atoms with Gasteiger partial charge in [0, 0.05) is 19.3 Å². The van der Waals surface area contributed by atoms with E-state index in [1.54, 1.807) is 0 Å². The summed E-state index contributed by atoms with van der Waals surface area (Å²) in [4.78, 5) is 2.44. The van der Waals surface area contributed by atoms with Crippen molar-refractivity contribution in [3.8, 4) is 0 Å². The van der Waals surface area contributed by atoms with Gasteiger partial charge in [-0.15, -0.1) is 0 Å². The Balaban J connectivity index is 1.59. The predicted molar refractivity (Wildman–Crippen MR) is 70.1 cm³/mol. The van der Waals surface area contributed by atoms with Gasteiger partial charge in [-0.25, -0.2) is 0 Å². The molecule has 0 aromatic carbocycles. The van der Waals surface area contributed by atoms with Gasteiger partial charge in [0.15, 0.2) is 0 Å². The lowest BCUT2D eigenvalue weighted by molar-refractivity contribution is 0.206. The smallest absolute Gasteiger partial charge is 0.0534 e. The normalized spacial score (nSPS) is 21.9. The van der Waals surface area contributed by atoms with Crippen molar-refractivity contribution in [3.05, 3.63) is 18.0 Å². The van der Waals surface area contributed by atoms with E-state index in [0.717, 1.165) is 25.6 Å². The van der Waals surface area contributed by atoms with Crippen molar-refractivity contribution in [2.75, 3.05) is 33.2 Å². The molecule has 1 aromatic rings. The molecular formula is C13H24N4. The fraction of sp³-hybridized carbons (Fsp3) is 0.769. The van der Waals surface area contributed by atoms with Gasteiger partial charge in [-0.05, 0) is 51.4 Å². The van der Waals surface area contributed by atoms with Crippen LogP contribution in [-0.2, 0) is 6.54 Å². The van der Waals surface area contributed by atoms with E-state index >= 15 is 0 Å². The summed E-state index contributed by atoms with van der Waals surface area (Å²) in [7, 11) is 2.22. The third-order valence-corrected chi connectivity index (χ3v) is 3.44. The first-order chi connectivity index (χ1) is 8.24. The highest BCUT2D eigenvalue weighted by Gasteiger charge is 2.16. The molecule has 96 valence electrons. The van der Waals surface area contributed by atoms with Gasteiger partial charge < -0.3 is 10.2 Å². The predicted octanol–water partition coefficient (Wildman–Crippen LogP) is 1.12. The van der Waals surface area contributed by atoms with E-state index < -0.39 is 0 Å². The van der Waals surface area contributed by atoms with Crippen LogP contribution in [0.15, 0.2) is 12.4 Å². The van der Waals surface area contributed by atoms with E-state index in [4.69, 9.17) is 0 Å². The van der Waals surface area contributed by atoms with Crippen LogP contribution in [0.1, 0.15) is 18.4 Å². The molecule has 4 heteroatoms. The van der Waals surface area contributed by atoms with Gasteiger partial charge in [-0.3, -0.25) is 4.68 Å². The molecule has 1 atom stereocenters. The molecule has 1 unspecified atom stereocenters. The molecule has 17 heavy (non-hydrogen) atoms. The lowest BCUT2D eigenvalue weighted by Gasteiger charge is -2.29. The molecule has 0 bridgehead atoms. The zero-order valence-corrected chi connectivity index (χ0v) is 11.0. The van der Waals surface area contributed by atoms with Crippen LogP contribution in [0.25, 0.3) is 0 Å². The molecule has 2 heterocycles. The number of aromatic nitrogens is 2. The lowest BCUT2D eigenvalue weighted by atomic mass is 9.98. The van der Waals surface area contributed by atoms with Crippen molar-refractivity contribution in [3.63, 3.8) is 0 Å². The molecule has 4 nitrogen and oxygen atoms in total. The minimum absolute atomic E-state index is 0.827. The first-order valence-electron chi connectivity index (χ1n) is 6.62. The molecule has 2 rings (SSSR count). The van der Waals surface area contributed by atoms with Crippen LogP contribution < -0.4 is 5.32 Å². The third-order valence-electron chi connectivity index (χ3n) is 3.44. The van der Waals surface area contributed by atoms with Gasteiger partial charge >= 0.3 is 0 Å². The fourth-order valence-corrected chi connectivity index (χ4v) is 2.53. The summed E-state index contributed by atoms with van der Waals surface area (Å²) >= 11 is 0. The SMILES string of the molecule is Cc1cnn(CCNCC2CCCN(C)C2)c1. The van der Waals surface area contributed by atoms with Crippen molar-refractivity contribution >= 4 is 0 Å². The Hall–Kier alpha value is -0.870. The third kappa shape index (κ3) is 4.13. The molecule has 1 aliphatic rings. The highest BCUT2D eigenvalue weighted by Crippen LogP contribution is 2.13. The first-order valence-corrected chi connectivity index (χ1v) is 6.62. The van der Waals surface area contributed by atoms with Crippen LogP contribution in [0.4, 0.5) is 0 Å². The number of hydrogen-bond donors (Lipinski definition) is 1. The summed E-state index contributed by atoms with van der Waals surface area (Å²) in [5, 5.41) is 7.83. The summed E-state index contributed by atoms with van der Waals surface area (Å²) in [5.41, 5.74) is 1.24. The molecular weight excluding hydrogens is 212 g/mol. The Morgan fingerprint density at radius 3 is 3.12 bits per heavy atom. The van der Waals surface area contributed by atoms with Crippen molar-refractivity contribution in [1.82, 2.24) is 20.0 Å². The van der Waals surface area contributed by atoms with Gasteiger partial charge in [-0.1, -0.05) is 0 Å². The van der Waals surface area contributed by atoms with Crippen LogP contribution in [0.5, 0.6) is 0 Å². The van der Waals surface area contributed by atoms with Crippen LogP contribution in [0.2, 0.25) is 0 Å². The Labute approximate surface area is 104 Å². The van der Waals surface area contributed by atoms with Crippen molar-refractivity contribution < 1.29 is 0 Å². The summed E-state index contributed by atoms with van der Waals surface area (Å²) in [6, 6.07) is 0.